The van der Waals surface area contributed by atoms with Gasteiger partial charge < -0.3 is 19.6 Å². The number of carbonyl (C=O) groups excluding carboxylic acids is 1. The van der Waals surface area contributed by atoms with Crippen LogP contribution in [0.3, 0.4) is 0 Å². The van der Waals surface area contributed by atoms with Gasteiger partial charge in [-0.2, -0.15) is 4.98 Å². The van der Waals surface area contributed by atoms with Gasteiger partial charge in [0.05, 0.1) is 13.7 Å². The number of carbonyl (C=O) groups is 2. The monoisotopic (exact) mass is 418 g/mol. The number of fused-ring (bicyclic) bond motifs is 1. The second-order valence-electron chi connectivity index (χ2n) is 6.66. The van der Waals surface area contributed by atoms with Crippen molar-refractivity contribution in [2.45, 2.75) is 20.0 Å². The van der Waals surface area contributed by atoms with E-state index >= 15 is 0 Å². The van der Waals surface area contributed by atoms with Crippen molar-refractivity contribution in [2.75, 3.05) is 38.2 Å². The molecule has 1 fully saturated rings. The number of imidazole rings is 1. The Labute approximate surface area is 170 Å². The maximum atomic E-state index is 12.9. The SMILES string of the molecule is CC#CCn1c(N2CCN(C(=O)O)CC2)nc2c1c(=O)n(C)c(=O)n2CC(=O)OC. The van der Waals surface area contributed by atoms with Crippen LogP contribution in [-0.4, -0.2) is 74.0 Å². The summed E-state index contributed by atoms with van der Waals surface area (Å²) in [7, 11) is 2.53. The Morgan fingerprint density at radius 1 is 1.17 bits per heavy atom. The highest BCUT2D eigenvalue weighted by Gasteiger charge is 2.27. The van der Waals surface area contributed by atoms with E-state index in [1.165, 1.54) is 19.1 Å². The molecule has 2 aromatic heterocycles. The molecular weight excluding hydrogens is 396 g/mol. The Morgan fingerprint density at radius 3 is 2.40 bits per heavy atom. The quantitative estimate of drug-likeness (QED) is 0.489. The molecule has 160 valence electrons. The second-order valence-corrected chi connectivity index (χ2v) is 6.66. The minimum absolute atomic E-state index is 0.0575. The molecule has 1 aliphatic rings. The second kappa shape index (κ2) is 8.32. The summed E-state index contributed by atoms with van der Waals surface area (Å²) >= 11 is 0. The Balaban J connectivity index is 2.21. The molecule has 0 aromatic carbocycles. The number of methoxy groups -OCH3 is 1. The van der Waals surface area contributed by atoms with Gasteiger partial charge in [0.1, 0.15) is 6.54 Å². The van der Waals surface area contributed by atoms with Crippen molar-refractivity contribution in [2.24, 2.45) is 7.05 Å². The van der Waals surface area contributed by atoms with Crippen molar-refractivity contribution in [3.63, 3.8) is 0 Å². The first kappa shape index (κ1) is 21.0. The van der Waals surface area contributed by atoms with E-state index in [9.17, 15) is 19.2 Å². The lowest BCUT2D eigenvalue weighted by atomic mass is 10.3. The number of hydrogen-bond acceptors (Lipinski definition) is 7. The average molecular weight is 418 g/mol. The van der Waals surface area contributed by atoms with Crippen LogP contribution in [0.5, 0.6) is 0 Å². The Morgan fingerprint density at radius 2 is 1.83 bits per heavy atom. The summed E-state index contributed by atoms with van der Waals surface area (Å²) in [5.74, 6) is 5.40. The number of amides is 1. The molecule has 0 aliphatic carbocycles. The van der Waals surface area contributed by atoms with Gasteiger partial charge in [-0.15, -0.1) is 5.92 Å². The fourth-order valence-corrected chi connectivity index (χ4v) is 3.33. The van der Waals surface area contributed by atoms with Gasteiger partial charge in [0, 0.05) is 33.2 Å². The number of aromatic nitrogens is 4. The van der Waals surface area contributed by atoms with Gasteiger partial charge >= 0.3 is 17.8 Å². The fourth-order valence-electron chi connectivity index (χ4n) is 3.33. The molecule has 2 aromatic rings. The molecule has 0 radical (unpaired) electrons. The predicted octanol–water partition coefficient (Wildman–Crippen LogP) is -1.11. The van der Waals surface area contributed by atoms with E-state index < -0.39 is 29.9 Å². The summed E-state index contributed by atoms with van der Waals surface area (Å²) in [6, 6.07) is 0. The van der Waals surface area contributed by atoms with Gasteiger partial charge in [0.15, 0.2) is 11.2 Å². The molecule has 0 unspecified atom stereocenters. The van der Waals surface area contributed by atoms with Crippen LogP contribution in [0.25, 0.3) is 11.2 Å². The van der Waals surface area contributed by atoms with Crippen molar-refractivity contribution < 1.29 is 19.4 Å². The molecule has 12 heteroatoms. The van der Waals surface area contributed by atoms with Crippen LogP contribution in [0, 0.1) is 11.8 Å². The zero-order valence-electron chi connectivity index (χ0n) is 16.9. The van der Waals surface area contributed by atoms with E-state index in [1.807, 2.05) is 4.90 Å². The summed E-state index contributed by atoms with van der Waals surface area (Å²) in [6.45, 7) is 2.66. The molecule has 12 nitrogen and oxygen atoms in total. The van der Waals surface area contributed by atoms with Gasteiger partial charge in [0.2, 0.25) is 5.95 Å². The minimum atomic E-state index is -0.999. The lowest BCUT2D eigenvalue weighted by Crippen LogP contribution is -2.49. The third-order valence-corrected chi connectivity index (χ3v) is 4.97. The summed E-state index contributed by atoms with van der Waals surface area (Å²) < 4.78 is 8.27. The van der Waals surface area contributed by atoms with E-state index in [2.05, 4.69) is 21.6 Å². The van der Waals surface area contributed by atoms with E-state index in [4.69, 9.17) is 5.11 Å². The largest absolute Gasteiger partial charge is 0.468 e. The highest BCUT2D eigenvalue weighted by Crippen LogP contribution is 2.21. The minimum Gasteiger partial charge on any atom is -0.468 e. The maximum absolute atomic E-state index is 12.9. The van der Waals surface area contributed by atoms with E-state index in [0.717, 1.165) is 9.13 Å². The van der Waals surface area contributed by atoms with Crippen LogP contribution >= 0.6 is 0 Å². The molecule has 1 saturated heterocycles. The van der Waals surface area contributed by atoms with Gasteiger partial charge in [0.25, 0.3) is 5.56 Å². The van der Waals surface area contributed by atoms with Crippen molar-refractivity contribution in [3.05, 3.63) is 20.8 Å². The normalized spacial score (nSPS) is 13.8. The van der Waals surface area contributed by atoms with Crippen molar-refractivity contribution in [3.8, 4) is 11.8 Å². The maximum Gasteiger partial charge on any atom is 0.407 e. The smallest absolute Gasteiger partial charge is 0.407 e. The average Bonchev–Trinajstić information content (AvgIpc) is 3.12. The molecule has 3 rings (SSSR count). The zero-order chi connectivity index (χ0) is 22.0. The van der Waals surface area contributed by atoms with Gasteiger partial charge in [-0.3, -0.25) is 23.3 Å². The van der Waals surface area contributed by atoms with Crippen LogP contribution < -0.4 is 16.1 Å². The third-order valence-electron chi connectivity index (χ3n) is 4.97. The zero-order valence-corrected chi connectivity index (χ0v) is 16.9. The first-order chi connectivity index (χ1) is 14.3. The number of ether oxygens (including phenoxy) is 1. The lowest BCUT2D eigenvalue weighted by molar-refractivity contribution is -0.141. The van der Waals surface area contributed by atoms with E-state index in [1.54, 1.807) is 11.5 Å². The van der Waals surface area contributed by atoms with Crippen molar-refractivity contribution in [1.82, 2.24) is 23.6 Å². The number of hydrogen-bond donors (Lipinski definition) is 1. The van der Waals surface area contributed by atoms with E-state index in [-0.39, 0.29) is 30.8 Å². The summed E-state index contributed by atoms with van der Waals surface area (Å²) in [6.07, 6.45) is -0.999. The standard InChI is InChI=1S/C18H22N6O6/c1-4-5-6-23-13-14(19-16(23)21-7-9-22(10-8-21)18(28)29)24(11-12(25)30-3)17(27)20(2)15(13)26/h6-11H2,1-3H3,(H,28,29). The highest BCUT2D eigenvalue weighted by atomic mass is 16.5. The van der Waals surface area contributed by atoms with Crippen molar-refractivity contribution in [1.29, 1.82) is 0 Å². The molecule has 1 amide bonds. The molecule has 1 N–H and O–H groups in total. The third kappa shape index (κ3) is 3.61. The summed E-state index contributed by atoms with van der Waals surface area (Å²) in [5.41, 5.74) is -1.05. The van der Waals surface area contributed by atoms with Crippen LogP contribution in [0.4, 0.5) is 10.7 Å². The molecule has 3 heterocycles. The molecule has 1 aliphatic heterocycles. The molecule has 0 atom stereocenters. The number of anilines is 1. The molecule has 0 bridgehead atoms. The lowest BCUT2D eigenvalue weighted by Gasteiger charge is -2.33. The first-order valence-electron chi connectivity index (χ1n) is 9.19. The van der Waals surface area contributed by atoms with Crippen LogP contribution in [-0.2, 0) is 29.7 Å². The summed E-state index contributed by atoms with van der Waals surface area (Å²) in [4.78, 5) is 56.2. The number of esters is 1. The Bertz CT molecular complexity index is 1170. The summed E-state index contributed by atoms with van der Waals surface area (Å²) in [5, 5.41) is 9.16. The van der Waals surface area contributed by atoms with Crippen LogP contribution in [0.1, 0.15) is 6.92 Å². The molecular formula is C18H22N6O6. The predicted molar refractivity (Wildman–Crippen MR) is 107 cm³/mol. The van der Waals surface area contributed by atoms with Gasteiger partial charge in [-0.1, -0.05) is 5.92 Å². The van der Waals surface area contributed by atoms with Crippen molar-refractivity contribution >= 4 is 29.2 Å². The Kier molecular flexibility index (Phi) is 5.81. The van der Waals surface area contributed by atoms with Crippen LogP contribution in [0.15, 0.2) is 9.59 Å². The van der Waals surface area contributed by atoms with Gasteiger partial charge in [-0.25, -0.2) is 9.59 Å². The molecule has 30 heavy (non-hydrogen) atoms. The molecule has 0 saturated carbocycles. The van der Waals surface area contributed by atoms with Gasteiger partial charge in [-0.05, 0) is 6.92 Å². The first-order valence-corrected chi connectivity index (χ1v) is 9.19. The number of carboxylic acid groups (broad SMARTS) is 1. The van der Waals surface area contributed by atoms with E-state index in [0.29, 0.717) is 19.0 Å². The molecule has 0 spiro atoms. The van der Waals surface area contributed by atoms with Crippen LogP contribution in [0.2, 0.25) is 0 Å². The highest BCUT2D eigenvalue weighted by molar-refractivity contribution is 5.77. The topological polar surface area (TPSA) is 132 Å². The number of rotatable bonds is 4. The fraction of sp³-hybridized carbons (Fsp3) is 0.500. The number of nitrogens with zero attached hydrogens (tertiary/aromatic N) is 6. The Hall–Kier alpha value is -3.75. The number of piperazine rings is 1.